The van der Waals surface area contributed by atoms with Gasteiger partial charge in [-0.05, 0) is 41.9 Å². The maximum atomic E-state index is 5.45. The van der Waals surface area contributed by atoms with Crippen molar-refractivity contribution in [1.29, 1.82) is 0 Å². The molecule has 0 saturated heterocycles. The second-order valence-corrected chi connectivity index (χ2v) is 8.16. The lowest BCUT2D eigenvalue weighted by Gasteiger charge is -2.22. The number of hydrogen-bond acceptors (Lipinski definition) is 3. The number of aromatic nitrogens is 1. The number of ether oxygens (including phenoxy) is 1. The van der Waals surface area contributed by atoms with E-state index in [4.69, 9.17) is 9.72 Å². The molecule has 0 bridgehead atoms. The molecule has 0 aliphatic rings. The van der Waals surface area contributed by atoms with E-state index in [-0.39, 0.29) is 0 Å². The Balaban J connectivity index is 2.01. The molecule has 0 N–H and O–H groups in total. The van der Waals surface area contributed by atoms with Crippen LogP contribution in [0, 0.1) is 17.3 Å². The zero-order chi connectivity index (χ0) is 18.8. The second kappa shape index (κ2) is 10.3. The predicted molar refractivity (Wildman–Crippen MR) is 112 cm³/mol. The van der Waals surface area contributed by atoms with Crippen molar-refractivity contribution in [3.8, 4) is 17.6 Å². The highest BCUT2D eigenvalue weighted by atomic mass is 32.2. The third kappa shape index (κ3) is 6.77. The van der Waals surface area contributed by atoms with E-state index in [2.05, 4.69) is 56.9 Å². The van der Waals surface area contributed by atoms with Crippen LogP contribution in [0.4, 0.5) is 0 Å². The Morgan fingerprint density at radius 1 is 1.08 bits per heavy atom. The summed E-state index contributed by atoms with van der Waals surface area (Å²) < 4.78 is 5.45. The molecule has 1 aromatic carbocycles. The number of thioether (sulfide) groups is 1. The van der Waals surface area contributed by atoms with E-state index >= 15 is 0 Å². The Labute approximate surface area is 162 Å². The molecule has 0 radical (unpaired) electrons. The van der Waals surface area contributed by atoms with Crippen molar-refractivity contribution in [2.75, 3.05) is 7.11 Å². The van der Waals surface area contributed by atoms with Crippen molar-refractivity contribution in [1.82, 2.24) is 4.98 Å². The standard InChI is InChI=1S/C23H29NOS/c1-5-16-23(2,3)17-10-9-13-20-14-15-21(25-4)22(24-20)26-18-19-11-7-6-8-12-19/h6-8,11-12,14-15H,5,10,16-18H2,1-4H3. The summed E-state index contributed by atoms with van der Waals surface area (Å²) in [5.74, 6) is 8.18. The molecule has 0 spiro atoms. The van der Waals surface area contributed by atoms with Gasteiger partial charge in [-0.2, -0.15) is 0 Å². The van der Waals surface area contributed by atoms with Gasteiger partial charge in [0.1, 0.15) is 10.7 Å². The number of benzene rings is 1. The van der Waals surface area contributed by atoms with Crippen molar-refractivity contribution in [3.05, 3.63) is 53.7 Å². The Morgan fingerprint density at radius 2 is 1.85 bits per heavy atom. The van der Waals surface area contributed by atoms with E-state index in [0.29, 0.717) is 5.41 Å². The first-order valence-electron chi connectivity index (χ1n) is 9.25. The Hall–Kier alpha value is -1.92. The fourth-order valence-electron chi connectivity index (χ4n) is 2.84. The van der Waals surface area contributed by atoms with Crippen LogP contribution in [0.25, 0.3) is 0 Å². The molecule has 0 aliphatic carbocycles. The maximum absolute atomic E-state index is 5.45. The van der Waals surface area contributed by atoms with Crippen LogP contribution in [0.3, 0.4) is 0 Å². The minimum absolute atomic E-state index is 0.369. The highest BCUT2D eigenvalue weighted by molar-refractivity contribution is 7.98. The van der Waals surface area contributed by atoms with Gasteiger partial charge in [0.15, 0.2) is 5.75 Å². The number of pyridine rings is 1. The third-order valence-electron chi connectivity index (χ3n) is 4.33. The van der Waals surface area contributed by atoms with Gasteiger partial charge in [0.25, 0.3) is 0 Å². The lowest BCUT2D eigenvalue weighted by atomic mass is 9.83. The fourth-order valence-corrected chi connectivity index (χ4v) is 3.79. The number of hydrogen-bond donors (Lipinski definition) is 0. The van der Waals surface area contributed by atoms with Gasteiger partial charge in [-0.1, -0.05) is 75.2 Å². The minimum atomic E-state index is 0.369. The summed E-state index contributed by atoms with van der Waals surface area (Å²) in [5, 5.41) is 0.898. The third-order valence-corrected chi connectivity index (χ3v) is 5.38. The summed E-state index contributed by atoms with van der Waals surface area (Å²) in [4.78, 5) is 4.69. The maximum Gasteiger partial charge on any atom is 0.151 e. The van der Waals surface area contributed by atoms with E-state index in [9.17, 15) is 0 Å². The molecule has 0 amide bonds. The van der Waals surface area contributed by atoms with E-state index in [0.717, 1.165) is 35.1 Å². The topological polar surface area (TPSA) is 22.1 Å². The highest BCUT2D eigenvalue weighted by Crippen LogP contribution is 2.30. The quantitative estimate of drug-likeness (QED) is 0.401. The molecule has 0 fully saturated rings. The molecule has 2 nitrogen and oxygen atoms in total. The first kappa shape index (κ1) is 20.4. The molecular weight excluding hydrogens is 338 g/mol. The van der Waals surface area contributed by atoms with Crippen LogP contribution < -0.4 is 4.74 Å². The van der Waals surface area contributed by atoms with Crippen molar-refractivity contribution in [2.45, 2.75) is 57.2 Å². The van der Waals surface area contributed by atoms with Gasteiger partial charge in [-0.25, -0.2) is 4.98 Å². The van der Waals surface area contributed by atoms with Crippen LogP contribution in [-0.4, -0.2) is 12.1 Å². The molecule has 0 saturated carbocycles. The van der Waals surface area contributed by atoms with Crippen molar-refractivity contribution in [2.24, 2.45) is 5.41 Å². The summed E-state index contributed by atoms with van der Waals surface area (Å²) in [6.07, 6.45) is 4.50. The summed E-state index contributed by atoms with van der Waals surface area (Å²) >= 11 is 1.69. The van der Waals surface area contributed by atoms with Crippen molar-refractivity contribution >= 4 is 11.8 Å². The molecule has 2 aromatic rings. The molecule has 0 aliphatic heterocycles. The zero-order valence-electron chi connectivity index (χ0n) is 16.3. The van der Waals surface area contributed by atoms with Crippen LogP contribution in [0.5, 0.6) is 5.75 Å². The van der Waals surface area contributed by atoms with E-state index in [1.807, 2.05) is 18.2 Å². The van der Waals surface area contributed by atoms with Gasteiger partial charge in [-0.3, -0.25) is 0 Å². The van der Waals surface area contributed by atoms with Crippen LogP contribution >= 0.6 is 11.8 Å². The van der Waals surface area contributed by atoms with E-state index in [1.54, 1.807) is 18.9 Å². The number of rotatable bonds is 8. The van der Waals surface area contributed by atoms with Gasteiger partial charge < -0.3 is 4.74 Å². The van der Waals surface area contributed by atoms with Crippen LogP contribution in [0.15, 0.2) is 47.5 Å². The molecule has 1 heterocycles. The lowest BCUT2D eigenvalue weighted by Crippen LogP contribution is -2.09. The first-order valence-corrected chi connectivity index (χ1v) is 10.2. The van der Waals surface area contributed by atoms with E-state index < -0.39 is 0 Å². The van der Waals surface area contributed by atoms with Gasteiger partial charge in [0.2, 0.25) is 0 Å². The summed E-state index contributed by atoms with van der Waals surface area (Å²) in [6, 6.07) is 14.3. The molecule has 26 heavy (non-hydrogen) atoms. The average molecular weight is 368 g/mol. The molecule has 3 heteroatoms. The fraction of sp³-hybridized carbons (Fsp3) is 0.435. The number of methoxy groups -OCH3 is 1. The van der Waals surface area contributed by atoms with Gasteiger partial charge >= 0.3 is 0 Å². The van der Waals surface area contributed by atoms with Crippen molar-refractivity contribution < 1.29 is 4.74 Å². The van der Waals surface area contributed by atoms with Gasteiger partial charge in [-0.15, -0.1) is 0 Å². The van der Waals surface area contributed by atoms with Crippen LogP contribution in [-0.2, 0) is 5.75 Å². The normalized spacial score (nSPS) is 10.9. The Morgan fingerprint density at radius 3 is 2.54 bits per heavy atom. The average Bonchev–Trinajstić information content (AvgIpc) is 2.64. The monoisotopic (exact) mass is 367 g/mol. The van der Waals surface area contributed by atoms with Crippen LogP contribution in [0.2, 0.25) is 0 Å². The molecule has 0 atom stereocenters. The summed E-state index contributed by atoms with van der Waals surface area (Å²) in [6.45, 7) is 6.88. The Bertz CT molecular complexity index is 744. The van der Waals surface area contributed by atoms with Gasteiger partial charge in [0, 0.05) is 12.2 Å². The number of nitrogens with zero attached hydrogens (tertiary/aromatic N) is 1. The lowest BCUT2D eigenvalue weighted by molar-refractivity contribution is 0.309. The predicted octanol–water partition coefficient (Wildman–Crippen LogP) is 6.34. The molecular formula is C23H29NOS. The molecule has 0 unspecified atom stereocenters. The SMILES string of the molecule is CCCC(C)(C)CCC#Cc1ccc(OC)c(SCc2ccccc2)n1. The Kier molecular flexibility index (Phi) is 8.06. The zero-order valence-corrected chi connectivity index (χ0v) is 17.2. The smallest absolute Gasteiger partial charge is 0.151 e. The largest absolute Gasteiger partial charge is 0.494 e. The first-order chi connectivity index (χ1) is 12.5. The van der Waals surface area contributed by atoms with Crippen LogP contribution in [0.1, 0.15) is 57.7 Å². The van der Waals surface area contributed by atoms with Gasteiger partial charge in [0.05, 0.1) is 7.11 Å². The van der Waals surface area contributed by atoms with E-state index in [1.165, 1.54) is 18.4 Å². The second-order valence-electron chi connectivity index (χ2n) is 7.19. The molecule has 138 valence electrons. The molecule has 1 aromatic heterocycles. The minimum Gasteiger partial charge on any atom is -0.494 e. The summed E-state index contributed by atoms with van der Waals surface area (Å²) in [5.41, 5.74) is 2.46. The summed E-state index contributed by atoms with van der Waals surface area (Å²) in [7, 11) is 1.69. The highest BCUT2D eigenvalue weighted by Gasteiger charge is 2.15. The van der Waals surface area contributed by atoms with Crippen molar-refractivity contribution in [3.63, 3.8) is 0 Å². The molecule has 2 rings (SSSR count).